The Morgan fingerprint density at radius 3 is 3.05 bits per heavy atom. The number of hydrogen-bond donors (Lipinski definition) is 2. The first kappa shape index (κ1) is 13.7. The molecule has 1 aromatic heterocycles. The molecule has 0 aliphatic carbocycles. The topological polar surface area (TPSA) is 84.7 Å². The van der Waals surface area contributed by atoms with Gasteiger partial charge in [0, 0.05) is 12.1 Å². The van der Waals surface area contributed by atoms with Crippen molar-refractivity contribution in [1.29, 1.82) is 0 Å². The zero-order valence-corrected chi connectivity index (χ0v) is 11.9. The van der Waals surface area contributed by atoms with Gasteiger partial charge in [-0.3, -0.25) is 4.79 Å². The Morgan fingerprint density at radius 1 is 1.43 bits per heavy atom. The Balaban J connectivity index is 1.82. The Morgan fingerprint density at radius 2 is 2.29 bits per heavy atom. The molecule has 0 radical (unpaired) electrons. The number of hydrogen-bond acceptors (Lipinski definition) is 5. The molecule has 1 saturated heterocycles. The molecule has 2 atom stereocenters. The molecule has 21 heavy (non-hydrogen) atoms. The predicted molar refractivity (Wildman–Crippen MR) is 77.1 cm³/mol. The molecular formula is C14H18N6O. The Hall–Kier alpha value is -2.28. The number of benzene rings is 1. The smallest absolute Gasteiger partial charge is 0.253 e. The second kappa shape index (κ2) is 6.01. The third-order valence-corrected chi connectivity index (χ3v) is 3.82. The van der Waals surface area contributed by atoms with Crippen LogP contribution in [0.25, 0.3) is 5.69 Å². The van der Waals surface area contributed by atoms with Crippen molar-refractivity contribution in [3.8, 4) is 5.69 Å². The highest BCUT2D eigenvalue weighted by atomic mass is 16.1. The van der Waals surface area contributed by atoms with E-state index in [1.165, 1.54) is 11.0 Å². The maximum atomic E-state index is 12.6. The highest BCUT2D eigenvalue weighted by Gasteiger charge is 2.24. The SMILES string of the molecule is CC1NCCCC1NC(=O)c1ccccc1-n1cnnn1. The molecule has 7 heteroatoms. The molecule has 3 rings (SSSR count). The van der Waals surface area contributed by atoms with E-state index in [-0.39, 0.29) is 18.0 Å². The minimum atomic E-state index is -0.0957. The molecule has 2 heterocycles. The molecule has 1 fully saturated rings. The molecule has 7 nitrogen and oxygen atoms in total. The van der Waals surface area contributed by atoms with Crippen LogP contribution in [0.4, 0.5) is 0 Å². The maximum Gasteiger partial charge on any atom is 0.253 e. The largest absolute Gasteiger partial charge is 0.348 e. The zero-order valence-electron chi connectivity index (χ0n) is 11.9. The summed E-state index contributed by atoms with van der Waals surface area (Å²) < 4.78 is 1.50. The molecule has 0 spiro atoms. The van der Waals surface area contributed by atoms with Crippen LogP contribution in [0.3, 0.4) is 0 Å². The first-order valence-electron chi connectivity index (χ1n) is 7.12. The lowest BCUT2D eigenvalue weighted by molar-refractivity contribution is 0.0919. The van der Waals surface area contributed by atoms with Gasteiger partial charge in [0.15, 0.2) is 0 Å². The van der Waals surface area contributed by atoms with Crippen LogP contribution in [0.15, 0.2) is 30.6 Å². The molecule has 2 aromatic rings. The molecule has 2 unspecified atom stereocenters. The van der Waals surface area contributed by atoms with Gasteiger partial charge in [-0.05, 0) is 48.9 Å². The first-order valence-corrected chi connectivity index (χ1v) is 7.12. The van der Waals surface area contributed by atoms with E-state index in [0.29, 0.717) is 11.3 Å². The molecule has 1 aliphatic heterocycles. The number of nitrogens with zero attached hydrogens (tertiary/aromatic N) is 4. The fourth-order valence-corrected chi connectivity index (χ4v) is 2.62. The number of nitrogens with one attached hydrogen (secondary N) is 2. The maximum absolute atomic E-state index is 12.6. The van der Waals surface area contributed by atoms with E-state index < -0.39 is 0 Å². The number of carbonyl (C=O) groups excluding carboxylic acids is 1. The zero-order chi connectivity index (χ0) is 14.7. The van der Waals surface area contributed by atoms with Crippen LogP contribution in [0.1, 0.15) is 30.1 Å². The van der Waals surface area contributed by atoms with Gasteiger partial charge >= 0.3 is 0 Å². The quantitative estimate of drug-likeness (QED) is 0.860. The van der Waals surface area contributed by atoms with Crippen LogP contribution in [-0.2, 0) is 0 Å². The summed E-state index contributed by atoms with van der Waals surface area (Å²) in [6.07, 6.45) is 3.55. The van der Waals surface area contributed by atoms with E-state index in [9.17, 15) is 4.79 Å². The lowest BCUT2D eigenvalue weighted by Crippen LogP contribution is -2.52. The van der Waals surface area contributed by atoms with Crippen LogP contribution in [-0.4, -0.2) is 44.7 Å². The average Bonchev–Trinajstić information content (AvgIpc) is 3.04. The van der Waals surface area contributed by atoms with Gasteiger partial charge in [0.25, 0.3) is 5.91 Å². The van der Waals surface area contributed by atoms with Crippen molar-refractivity contribution in [2.75, 3.05) is 6.54 Å². The van der Waals surface area contributed by atoms with E-state index >= 15 is 0 Å². The minimum Gasteiger partial charge on any atom is -0.348 e. The Bertz CT molecular complexity index is 612. The first-order chi connectivity index (χ1) is 10.3. The molecule has 1 aliphatic rings. The van der Waals surface area contributed by atoms with Gasteiger partial charge in [-0.2, -0.15) is 4.68 Å². The summed E-state index contributed by atoms with van der Waals surface area (Å²) >= 11 is 0. The van der Waals surface area contributed by atoms with Crippen LogP contribution < -0.4 is 10.6 Å². The summed E-state index contributed by atoms with van der Waals surface area (Å²) in [5.41, 5.74) is 1.25. The van der Waals surface area contributed by atoms with E-state index in [1.807, 2.05) is 18.2 Å². The molecule has 1 amide bonds. The lowest BCUT2D eigenvalue weighted by Gasteiger charge is -2.30. The molecular weight excluding hydrogens is 268 g/mol. The highest BCUT2D eigenvalue weighted by Crippen LogP contribution is 2.14. The second-order valence-corrected chi connectivity index (χ2v) is 5.24. The summed E-state index contributed by atoms with van der Waals surface area (Å²) in [6.45, 7) is 3.10. The highest BCUT2D eigenvalue weighted by molar-refractivity contribution is 5.97. The summed E-state index contributed by atoms with van der Waals surface area (Å²) in [6, 6.07) is 7.74. The van der Waals surface area contributed by atoms with Gasteiger partial charge in [-0.1, -0.05) is 12.1 Å². The van der Waals surface area contributed by atoms with Crippen LogP contribution >= 0.6 is 0 Å². The number of piperidine rings is 1. The number of aromatic nitrogens is 4. The van der Waals surface area contributed by atoms with Crippen molar-refractivity contribution in [1.82, 2.24) is 30.8 Å². The summed E-state index contributed by atoms with van der Waals surface area (Å²) in [5.74, 6) is -0.0957. The number of tetrazole rings is 1. The van der Waals surface area contributed by atoms with Crippen molar-refractivity contribution in [3.63, 3.8) is 0 Å². The third kappa shape index (κ3) is 2.92. The van der Waals surface area contributed by atoms with Gasteiger partial charge in [-0.15, -0.1) is 5.10 Å². The van der Waals surface area contributed by atoms with Gasteiger partial charge in [0.1, 0.15) is 6.33 Å². The monoisotopic (exact) mass is 286 g/mol. The Labute approximate surface area is 122 Å². The van der Waals surface area contributed by atoms with Crippen LogP contribution in [0.5, 0.6) is 0 Å². The fourth-order valence-electron chi connectivity index (χ4n) is 2.62. The number of para-hydroxylation sites is 1. The number of carbonyl (C=O) groups is 1. The lowest BCUT2D eigenvalue weighted by atomic mass is 9.99. The molecule has 110 valence electrons. The number of rotatable bonds is 3. The standard InChI is InChI=1S/C14H18N6O/c1-10-12(6-4-8-15-10)17-14(21)11-5-2-3-7-13(11)20-9-16-18-19-20/h2-3,5,7,9-10,12,15H,4,6,8H2,1H3,(H,17,21). The van der Waals surface area contributed by atoms with Crippen molar-refractivity contribution < 1.29 is 4.79 Å². The van der Waals surface area contributed by atoms with Gasteiger partial charge < -0.3 is 10.6 Å². The normalized spacial score (nSPS) is 22.0. The molecule has 2 N–H and O–H groups in total. The van der Waals surface area contributed by atoms with Crippen LogP contribution in [0, 0.1) is 0 Å². The average molecular weight is 286 g/mol. The van der Waals surface area contributed by atoms with Crippen molar-refractivity contribution in [2.24, 2.45) is 0 Å². The van der Waals surface area contributed by atoms with Crippen molar-refractivity contribution in [3.05, 3.63) is 36.2 Å². The predicted octanol–water partition coefficient (Wildman–Crippen LogP) is 0.533. The van der Waals surface area contributed by atoms with Crippen molar-refractivity contribution >= 4 is 5.91 Å². The fraction of sp³-hybridized carbons (Fsp3) is 0.429. The van der Waals surface area contributed by atoms with E-state index in [0.717, 1.165) is 19.4 Å². The second-order valence-electron chi connectivity index (χ2n) is 5.24. The van der Waals surface area contributed by atoms with Crippen LogP contribution in [0.2, 0.25) is 0 Å². The van der Waals surface area contributed by atoms with Crippen molar-refractivity contribution in [2.45, 2.75) is 31.8 Å². The van der Waals surface area contributed by atoms with E-state index in [2.05, 4.69) is 33.1 Å². The minimum absolute atomic E-state index is 0.0957. The van der Waals surface area contributed by atoms with Gasteiger partial charge in [0.2, 0.25) is 0 Å². The third-order valence-electron chi connectivity index (χ3n) is 3.82. The Kier molecular flexibility index (Phi) is 3.92. The summed E-state index contributed by atoms with van der Waals surface area (Å²) in [5, 5.41) is 17.6. The van der Waals surface area contributed by atoms with Gasteiger partial charge in [-0.25, -0.2) is 0 Å². The molecule has 0 saturated carbocycles. The molecule has 0 bridgehead atoms. The molecule has 1 aromatic carbocycles. The number of amides is 1. The van der Waals surface area contributed by atoms with E-state index in [4.69, 9.17) is 0 Å². The van der Waals surface area contributed by atoms with Gasteiger partial charge in [0.05, 0.1) is 11.3 Å². The summed E-state index contributed by atoms with van der Waals surface area (Å²) in [7, 11) is 0. The summed E-state index contributed by atoms with van der Waals surface area (Å²) in [4.78, 5) is 12.6. The van der Waals surface area contributed by atoms with E-state index in [1.54, 1.807) is 6.07 Å².